The average molecular weight is 374 g/mol. The molecular formula is C17H21F3N2O4. The van der Waals surface area contributed by atoms with Crippen molar-refractivity contribution in [2.45, 2.75) is 25.1 Å². The molecule has 1 unspecified atom stereocenters. The molecule has 0 aliphatic carbocycles. The van der Waals surface area contributed by atoms with Gasteiger partial charge in [-0.05, 0) is 31.5 Å². The standard InChI is InChI=1S/C17H21F3N2O4/c1-24-13-7-11(8-14-15(13)26-6-5-25-14)16(23)21-12-3-2-4-22(9-12)10-17(18,19)20/h7-8,12H,2-6,9-10H2,1H3,(H,21,23). The van der Waals surface area contributed by atoms with Gasteiger partial charge < -0.3 is 19.5 Å². The molecule has 9 heteroatoms. The highest BCUT2D eigenvalue weighted by Gasteiger charge is 2.33. The molecule has 1 atom stereocenters. The van der Waals surface area contributed by atoms with Crippen molar-refractivity contribution < 1.29 is 32.2 Å². The molecule has 2 aliphatic heterocycles. The zero-order chi connectivity index (χ0) is 18.7. The Hall–Kier alpha value is -2.16. The summed E-state index contributed by atoms with van der Waals surface area (Å²) in [6.07, 6.45) is -3.00. The molecule has 0 bridgehead atoms. The number of hydrogen-bond donors (Lipinski definition) is 1. The van der Waals surface area contributed by atoms with Crippen LogP contribution in [0.25, 0.3) is 0 Å². The van der Waals surface area contributed by atoms with Crippen molar-refractivity contribution in [1.29, 1.82) is 0 Å². The number of ether oxygens (including phenoxy) is 3. The van der Waals surface area contributed by atoms with Crippen LogP contribution in [0.1, 0.15) is 23.2 Å². The van der Waals surface area contributed by atoms with E-state index in [1.54, 1.807) is 12.1 Å². The fourth-order valence-corrected chi connectivity index (χ4v) is 3.24. The van der Waals surface area contributed by atoms with Crippen LogP contribution in [0.2, 0.25) is 0 Å². The van der Waals surface area contributed by atoms with E-state index in [-0.39, 0.29) is 18.5 Å². The van der Waals surface area contributed by atoms with E-state index in [1.807, 2.05) is 0 Å². The number of hydrogen-bond acceptors (Lipinski definition) is 5. The zero-order valence-corrected chi connectivity index (χ0v) is 14.4. The van der Waals surface area contributed by atoms with Crippen molar-refractivity contribution in [1.82, 2.24) is 10.2 Å². The summed E-state index contributed by atoms with van der Waals surface area (Å²) < 4.78 is 54.0. The number of rotatable bonds is 4. The van der Waals surface area contributed by atoms with Gasteiger partial charge in [-0.3, -0.25) is 9.69 Å². The first-order valence-electron chi connectivity index (χ1n) is 8.43. The molecule has 0 radical (unpaired) electrons. The molecule has 0 aromatic heterocycles. The molecule has 1 aromatic rings. The van der Waals surface area contributed by atoms with Crippen molar-refractivity contribution >= 4 is 5.91 Å². The monoisotopic (exact) mass is 374 g/mol. The van der Waals surface area contributed by atoms with Crippen LogP contribution in [0.4, 0.5) is 13.2 Å². The van der Waals surface area contributed by atoms with Gasteiger partial charge in [0.1, 0.15) is 13.2 Å². The normalized spacial score (nSPS) is 20.5. The van der Waals surface area contributed by atoms with E-state index in [4.69, 9.17) is 14.2 Å². The van der Waals surface area contributed by atoms with Gasteiger partial charge in [-0.2, -0.15) is 13.2 Å². The maximum absolute atomic E-state index is 12.6. The van der Waals surface area contributed by atoms with E-state index in [2.05, 4.69) is 5.32 Å². The molecule has 0 spiro atoms. The minimum absolute atomic E-state index is 0.174. The maximum atomic E-state index is 12.6. The van der Waals surface area contributed by atoms with Crippen molar-refractivity contribution in [2.75, 3.05) is 40.0 Å². The third kappa shape index (κ3) is 4.51. The lowest BCUT2D eigenvalue weighted by molar-refractivity contribution is -0.148. The Kier molecular flexibility index (Phi) is 5.45. The van der Waals surface area contributed by atoms with Crippen LogP contribution in [0.15, 0.2) is 12.1 Å². The molecule has 1 amide bonds. The molecule has 1 fully saturated rings. The molecule has 2 heterocycles. The van der Waals surface area contributed by atoms with Gasteiger partial charge in [-0.25, -0.2) is 0 Å². The fraction of sp³-hybridized carbons (Fsp3) is 0.588. The van der Waals surface area contributed by atoms with Crippen LogP contribution >= 0.6 is 0 Å². The Morgan fingerprint density at radius 3 is 2.85 bits per heavy atom. The number of carbonyl (C=O) groups is 1. The lowest BCUT2D eigenvalue weighted by atomic mass is 10.0. The lowest BCUT2D eigenvalue weighted by Gasteiger charge is -2.33. The zero-order valence-electron chi connectivity index (χ0n) is 14.4. The molecule has 2 aliphatic rings. The third-order valence-electron chi connectivity index (χ3n) is 4.33. The van der Waals surface area contributed by atoms with Crippen LogP contribution in [0.3, 0.4) is 0 Å². The van der Waals surface area contributed by atoms with Gasteiger partial charge in [0, 0.05) is 18.2 Å². The van der Waals surface area contributed by atoms with E-state index in [0.717, 1.165) is 0 Å². The Bertz CT molecular complexity index is 649. The molecule has 1 saturated heterocycles. The molecular weight excluding hydrogens is 353 g/mol. The predicted octanol–water partition coefficient (Wildman–Crippen LogP) is 2.22. The van der Waals surface area contributed by atoms with Gasteiger partial charge in [0.25, 0.3) is 5.91 Å². The van der Waals surface area contributed by atoms with Gasteiger partial charge in [0.15, 0.2) is 11.5 Å². The molecule has 1 aromatic carbocycles. The highest BCUT2D eigenvalue weighted by Crippen LogP contribution is 2.40. The number of amides is 1. The number of likely N-dealkylation sites (tertiary alicyclic amines) is 1. The minimum atomic E-state index is -4.24. The third-order valence-corrected chi connectivity index (χ3v) is 4.33. The Labute approximate surface area is 149 Å². The molecule has 3 rings (SSSR count). The average Bonchev–Trinajstić information content (AvgIpc) is 2.59. The summed E-state index contributed by atoms with van der Waals surface area (Å²) in [5.74, 6) is 0.876. The number of piperidine rings is 1. The number of nitrogens with zero attached hydrogens (tertiary/aromatic N) is 1. The van der Waals surface area contributed by atoms with E-state index >= 15 is 0 Å². The predicted molar refractivity (Wildman–Crippen MR) is 87.0 cm³/mol. The van der Waals surface area contributed by atoms with E-state index < -0.39 is 12.7 Å². The fourth-order valence-electron chi connectivity index (χ4n) is 3.24. The number of methoxy groups -OCH3 is 1. The van der Waals surface area contributed by atoms with Crippen LogP contribution in [0, 0.1) is 0 Å². The smallest absolute Gasteiger partial charge is 0.401 e. The molecule has 1 N–H and O–H groups in total. The summed E-state index contributed by atoms with van der Waals surface area (Å²) in [7, 11) is 1.46. The lowest BCUT2D eigenvalue weighted by Crippen LogP contribution is -2.50. The molecule has 6 nitrogen and oxygen atoms in total. The van der Waals surface area contributed by atoms with Crippen LogP contribution in [0.5, 0.6) is 17.2 Å². The van der Waals surface area contributed by atoms with Gasteiger partial charge in [0.2, 0.25) is 5.75 Å². The Morgan fingerprint density at radius 1 is 1.35 bits per heavy atom. The summed E-state index contributed by atoms with van der Waals surface area (Å²) in [5.41, 5.74) is 0.319. The number of carbonyl (C=O) groups excluding carboxylic acids is 1. The largest absolute Gasteiger partial charge is 0.493 e. The molecule has 0 saturated carbocycles. The first kappa shape index (κ1) is 18.6. The van der Waals surface area contributed by atoms with Gasteiger partial charge in [-0.15, -0.1) is 0 Å². The van der Waals surface area contributed by atoms with Crippen molar-refractivity contribution in [3.05, 3.63) is 17.7 Å². The Balaban J connectivity index is 1.68. The van der Waals surface area contributed by atoms with Crippen molar-refractivity contribution in [2.24, 2.45) is 0 Å². The van der Waals surface area contributed by atoms with Crippen LogP contribution in [-0.4, -0.2) is 63.0 Å². The second kappa shape index (κ2) is 7.61. The maximum Gasteiger partial charge on any atom is 0.401 e. The number of alkyl halides is 3. The quantitative estimate of drug-likeness (QED) is 0.876. The van der Waals surface area contributed by atoms with Crippen molar-refractivity contribution in [3.8, 4) is 17.2 Å². The first-order chi connectivity index (χ1) is 12.4. The molecule has 144 valence electrons. The summed E-state index contributed by atoms with van der Waals surface area (Å²) in [6, 6.07) is 2.76. The summed E-state index contributed by atoms with van der Waals surface area (Å²) in [5, 5.41) is 2.81. The summed E-state index contributed by atoms with van der Waals surface area (Å²) in [4.78, 5) is 13.9. The minimum Gasteiger partial charge on any atom is -0.493 e. The van der Waals surface area contributed by atoms with Crippen LogP contribution in [-0.2, 0) is 0 Å². The second-order valence-corrected chi connectivity index (χ2v) is 6.37. The van der Waals surface area contributed by atoms with Gasteiger partial charge >= 0.3 is 6.18 Å². The number of halogens is 3. The summed E-state index contributed by atoms with van der Waals surface area (Å²) >= 11 is 0. The van der Waals surface area contributed by atoms with E-state index in [1.165, 1.54) is 12.0 Å². The van der Waals surface area contributed by atoms with Crippen LogP contribution < -0.4 is 19.5 Å². The van der Waals surface area contributed by atoms with Crippen molar-refractivity contribution in [3.63, 3.8) is 0 Å². The van der Waals surface area contributed by atoms with E-state index in [0.29, 0.717) is 55.4 Å². The Morgan fingerprint density at radius 2 is 2.12 bits per heavy atom. The highest BCUT2D eigenvalue weighted by molar-refractivity contribution is 5.95. The number of benzene rings is 1. The summed E-state index contributed by atoms with van der Waals surface area (Å²) in [6.45, 7) is 0.357. The second-order valence-electron chi connectivity index (χ2n) is 6.37. The first-order valence-corrected chi connectivity index (χ1v) is 8.43. The van der Waals surface area contributed by atoms with Gasteiger partial charge in [-0.1, -0.05) is 0 Å². The SMILES string of the molecule is COc1cc(C(=O)NC2CCCN(CC(F)(F)F)C2)cc2c1OCCO2. The van der Waals surface area contributed by atoms with E-state index in [9.17, 15) is 18.0 Å². The highest BCUT2D eigenvalue weighted by atomic mass is 19.4. The molecule has 26 heavy (non-hydrogen) atoms. The topological polar surface area (TPSA) is 60.0 Å². The van der Waals surface area contributed by atoms with Gasteiger partial charge in [0.05, 0.1) is 13.7 Å². The number of nitrogens with one attached hydrogen (secondary N) is 1. The number of fused-ring (bicyclic) bond motifs is 1.